The van der Waals surface area contributed by atoms with E-state index in [2.05, 4.69) is 21.9 Å². The molecule has 3 N–H and O–H groups in total. The van der Waals surface area contributed by atoms with Crippen LogP contribution in [0.4, 0.5) is 10.5 Å². The molecular formula is C15H23N3O4S. The standard InChI is InChI=1S/C15H23N3O4S/c1-3-9-17-23(20,21)12-13-5-7-14(8-6-13)18-15(19)16-10-4-11-22-2/h3,5-8,17H,1,4,9-12H2,2H3,(H2,16,18,19). The number of urea groups is 1. The third-order valence-electron chi connectivity index (χ3n) is 2.83. The van der Waals surface area contributed by atoms with E-state index in [0.717, 1.165) is 6.42 Å². The number of sulfonamides is 1. The van der Waals surface area contributed by atoms with Gasteiger partial charge in [-0.25, -0.2) is 17.9 Å². The van der Waals surface area contributed by atoms with Gasteiger partial charge in [0.1, 0.15) is 0 Å². The van der Waals surface area contributed by atoms with Crippen molar-refractivity contribution in [3.05, 3.63) is 42.5 Å². The van der Waals surface area contributed by atoms with Gasteiger partial charge < -0.3 is 15.4 Å². The molecular weight excluding hydrogens is 318 g/mol. The highest BCUT2D eigenvalue weighted by Gasteiger charge is 2.10. The van der Waals surface area contributed by atoms with Crippen molar-refractivity contribution < 1.29 is 17.9 Å². The fraction of sp³-hybridized carbons (Fsp3) is 0.400. The summed E-state index contributed by atoms with van der Waals surface area (Å²) in [6.07, 6.45) is 2.22. The zero-order valence-corrected chi connectivity index (χ0v) is 14.0. The van der Waals surface area contributed by atoms with Gasteiger partial charge in [0.25, 0.3) is 0 Å². The number of anilines is 1. The summed E-state index contributed by atoms with van der Waals surface area (Å²) in [5.41, 5.74) is 1.22. The zero-order chi connectivity index (χ0) is 17.1. The van der Waals surface area contributed by atoms with Crippen molar-refractivity contribution in [3.8, 4) is 0 Å². The summed E-state index contributed by atoms with van der Waals surface area (Å²) in [6, 6.07) is 6.33. The highest BCUT2D eigenvalue weighted by Crippen LogP contribution is 2.11. The molecule has 0 aliphatic carbocycles. The Balaban J connectivity index is 2.47. The molecule has 0 saturated heterocycles. The van der Waals surface area contributed by atoms with Crippen LogP contribution in [0.5, 0.6) is 0 Å². The molecule has 0 spiro atoms. The number of methoxy groups -OCH3 is 1. The van der Waals surface area contributed by atoms with E-state index < -0.39 is 10.0 Å². The quantitative estimate of drug-likeness (QED) is 0.443. The Labute approximate surface area is 137 Å². The summed E-state index contributed by atoms with van der Waals surface area (Å²) in [4.78, 5) is 11.6. The van der Waals surface area contributed by atoms with Crippen LogP contribution in [0, 0.1) is 0 Å². The molecule has 0 aliphatic heterocycles. The van der Waals surface area contributed by atoms with Crippen molar-refractivity contribution in [1.29, 1.82) is 0 Å². The smallest absolute Gasteiger partial charge is 0.319 e. The number of ether oxygens (including phenoxy) is 1. The van der Waals surface area contributed by atoms with E-state index in [1.54, 1.807) is 31.4 Å². The normalized spacial score (nSPS) is 11.0. The largest absolute Gasteiger partial charge is 0.385 e. The predicted molar refractivity (Wildman–Crippen MR) is 90.8 cm³/mol. The fourth-order valence-corrected chi connectivity index (χ4v) is 2.84. The minimum atomic E-state index is -3.38. The average Bonchev–Trinajstić information content (AvgIpc) is 2.51. The first-order valence-corrected chi connectivity index (χ1v) is 8.83. The van der Waals surface area contributed by atoms with Gasteiger partial charge in [-0.15, -0.1) is 6.58 Å². The predicted octanol–water partition coefficient (Wildman–Crippen LogP) is 1.45. The molecule has 0 unspecified atom stereocenters. The van der Waals surface area contributed by atoms with Gasteiger partial charge in [-0.2, -0.15) is 0 Å². The van der Waals surface area contributed by atoms with Gasteiger partial charge in [-0.05, 0) is 24.1 Å². The lowest BCUT2D eigenvalue weighted by atomic mass is 10.2. The van der Waals surface area contributed by atoms with E-state index in [1.165, 1.54) is 6.08 Å². The molecule has 0 atom stereocenters. The molecule has 23 heavy (non-hydrogen) atoms. The number of rotatable bonds is 10. The van der Waals surface area contributed by atoms with Gasteiger partial charge in [0.15, 0.2) is 0 Å². The zero-order valence-electron chi connectivity index (χ0n) is 13.2. The lowest BCUT2D eigenvalue weighted by Crippen LogP contribution is -2.30. The third kappa shape index (κ3) is 8.34. The first-order valence-electron chi connectivity index (χ1n) is 7.18. The number of carbonyl (C=O) groups is 1. The number of benzene rings is 1. The van der Waals surface area contributed by atoms with Crippen molar-refractivity contribution >= 4 is 21.7 Å². The SMILES string of the molecule is C=CCNS(=O)(=O)Cc1ccc(NC(=O)NCCCOC)cc1. The highest BCUT2D eigenvalue weighted by molar-refractivity contribution is 7.88. The summed E-state index contributed by atoms with van der Waals surface area (Å²) in [5, 5.41) is 5.37. The van der Waals surface area contributed by atoms with Crippen molar-refractivity contribution in [2.45, 2.75) is 12.2 Å². The molecule has 8 heteroatoms. The van der Waals surface area contributed by atoms with Crippen LogP contribution < -0.4 is 15.4 Å². The number of carbonyl (C=O) groups excluding carboxylic acids is 1. The van der Waals surface area contributed by atoms with Crippen LogP contribution in [0.25, 0.3) is 0 Å². The number of hydrogen-bond donors (Lipinski definition) is 3. The molecule has 0 heterocycles. The van der Waals surface area contributed by atoms with Crippen molar-refractivity contribution in [1.82, 2.24) is 10.0 Å². The van der Waals surface area contributed by atoms with Crippen LogP contribution in [-0.4, -0.2) is 41.3 Å². The maximum absolute atomic E-state index is 11.7. The van der Waals surface area contributed by atoms with E-state index >= 15 is 0 Å². The molecule has 1 aromatic rings. The van der Waals surface area contributed by atoms with Crippen LogP contribution in [0.15, 0.2) is 36.9 Å². The summed E-state index contributed by atoms with van der Waals surface area (Å²) < 4.78 is 30.8. The third-order valence-corrected chi connectivity index (χ3v) is 4.15. The first kappa shape index (κ1) is 19.1. The summed E-state index contributed by atoms with van der Waals surface area (Å²) in [5.74, 6) is -0.121. The van der Waals surface area contributed by atoms with Crippen molar-refractivity contribution in [2.75, 3.05) is 32.1 Å². The average molecular weight is 341 g/mol. The molecule has 1 rings (SSSR count). The van der Waals surface area contributed by atoms with Gasteiger partial charge >= 0.3 is 6.03 Å². The van der Waals surface area contributed by atoms with Crippen LogP contribution in [-0.2, 0) is 20.5 Å². The molecule has 7 nitrogen and oxygen atoms in total. The monoisotopic (exact) mass is 341 g/mol. The summed E-state index contributed by atoms with van der Waals surface area (Å²) in [7, 11) is -1.78. The highest BCUT2D eigenvalue weighted by atomic mass is 32.2. The number of hydrogen-bond acceptors (Lipinski definition) is 4. The molecule has 1 aromatic carbocycles. The van der Waals surface area contributed by atoms with Crippen LogP contribution in [0.3, 0.4) is 0 Å². The molecule has 128 valence electrons. The minimum absolute atomic E-state index is 0.121. The molecule has 2 amide bonds. The maximum Gasteiger partial charge on any atom is 0.319 e. The Morgan fingerprint density at radius 2 is 2.00 bits per heavy atom. The summed E-state index contributed by atoms with van der Waals surface area (Å²) in [6.45, 7) is 4.77. The second kappa shape index (κ2) is 9.98. The Kier molecular flexibility index (Phi) is 8.31. The molecule has 0 bridgehead atoms. The van der Waals surface area contributed by atoms with E-state index in [4.69, 9.17) is 4.74 Å². The van der Waals surface area contributed by atoms with Gasteiger partial charge in [0, 0.05) is 32.5 Å². The number of amides is 2. The van der Waals surface area contributed by atoms with E-state index in [-0.39, 0.29) is 18.3 Å². The van der Waals surface area contributed by atoms with Crippen LogP contribution in [0.2, 0.25) is 0 Å². The van der Waals surface area contributed by atoms with Gasteiger partial charge in [0.2, 0.25) is 10.0 Å². The first-order chi connectivity index (χ1) is 11.0. The minimum Gasteiger partial charge on any atom is -0.385 e. The second-order valence-corrected chi connectivity index (χ2v) is 6.63. The van der Waals surface area contributed by atoms with E-state index in [0.29, 0.717) is 24.4 Å². The molecule has 0 aromatic heterocycles. The van der Waals surface area contributed by atoms with E-state index in [1.807, 2.05) is 0 Å². The molecule has 0 fully saturated rings. The lowest BCUT2D eigenvalue weighted by Gasteiger charge is -2.09. The van der Waals surface area contributed by atoms with Crippen molar-refractivity contribution in [3.63, 3.8) is 0 Å². The Morgan fingerprint density at radius 3 is 2.61 bits per heavy atom. The van der Waals surface area contributed by atoms with Crippen LogP contribution >= 0.6 is 0 Å². The maximum atomic E-state index is 11.7. The summed E-state index contributed by atoms with van der Waals surface area (Å²) >= 11 is 0. The molecule has 0 saturated carbocycles. The molecule has 0 radical (unpaired) electrons. The molecule has 0 aliphatic rings. The second-order valence-electron chi connectivity index (χ2n) is 4.82. The lowest BCUT2D eigenvalue weighted by molar-refractivity contribution is 0.194. The fourth-order valence-electron chi connectivity index (χ4n) is 1.73. The topological polar surface area (TPSA) is 96.5 Å². The Morgan fingerprint density at radius 1 is 1.30 bits per heavy atom. The van der Waals surface area contributed by atoms with Crippen LogP contribution in [0.1, 0.15) is 12.0 Å². The van der Waals surface area contributed by atoms with Gasteiger partial charge in [-0.1, -0.05) is 18.2 Å². The van der Waals surface area contributed by atoms with Gasteiger partial charge in [-0.3, -0.25) is 0 Å². The van der Waals surface area contributed by atoms with Crippen molar-refractivity contribution in [2.24, 2.45) is 0 Å². The van der Waals surface area contributed by atoms with E-state index in [9.17, 15) is 13.2 Å². The Bertz CT molecular complexity index is 600. The van der Waals surface area contributed by atoms with Gasteiger partial charge in [0.05, 0.1) is 5.75 Å². The number of nitrogens with one attached hydrogen (secondary N) is 3. The Hall–Kier alpha value is -1.90.